The molecule has 1 aliphatic heterocycles. The Labute approximate surface area is 264 Å². The molecule has 2 aliphatic rings. The number of ether oxygens (including phenoxy) is 1. The van der Waals surface area contributed by atoms with Gasteiger partial charge >= 0.3 is 16.3 Å². The highest BCUT2D eigenvalue weighted by molar-refractivity contribution is 7.84. The highest BCUT2D eigenvalue weighted by Crippen LogP contribution is 2.26. The van der Waals surface area contributed by atoms with E-state index < -0.39 is 58.6 Å². The van der Waals surface area contributed by atoms with Crippen molar-refractivity contribution < 1.29 is 42.0 Å². The zero-order valence-corrected chi connectivity index (χ0v) is 25.4. The fourth-order valence-corrected chi connectivity index (χ4v) is 5.83. The second-order valence-electron chi connectivity index (χ2n) is 10.1. The van der Waals surface area contributed by atoms with Gasteiger partial charge < -0.3 is 31.5 Å². The summed E-state index contributed by atoms with van der Waals surface area (Å²) in [6.07, 6.45) is 3.82. The van der Waals surface area contributed by atoms with Gasteiger partial charge in [-0.2, -0.15) is 13.5 Å². The van der Waals surface area contributed by atoms with E-state index in [0.717, 1.165) is 30.6 Å². The summed E-state index contributed by atoms with van der Waals surface area (Å²) < 4.78 is 40.1. The van der Waals surface area contributed by atoms with Gasteiger partial charge in [-0.05, 0) is 43.5 Å². The number of aliphatic carboxylic acids is 1. The molecule has 2 unspecified atom stereocenters. The number of nitrogens with two attached hydrogens (primary N) is 2. The van der Waals surface area contributed by atoms with Gasteiger partial charge in [0.25, 0.3) is 17.9 Å². The van der Waals surface area contributed by atoms with Crippen LogP contribution in [0.15, 0.2) is 52.4 Å². The average molecular weight is 677 g/mol. The van der Waals surface area contributed by atoms with Crippen LogP contribution in [0.1, 0.15) is 30.5 Å². The standard InChI is InChI=1S/C25H28N10O9S2/c26-21(30-14-2-1-3-14)13-4-6-15(7-5-13)43-9-18(24(38)39)44-33-19(16-10-45-25(27)31-16)22(36)32-20-17(8-34-12-28-11-29-34)35(23(20)37)46(40,41)42/h4-7,10-12,14,17-18,20H,1-3,8-9H2,(H2,26,30)(H2,27,31)(H,32,36)(H,38,39)(H,40,41,42)/b33-19-/t17?,18-,20?/m0/s1. The van der Waals surface area contributed by atoms with Crippen molar-refractivity contribution in [2.75, 3.05) is 12.3 Å². The summed E-state index contributed by atoms with van der Waals surface area (Å²) >= 11 is 0.941. The van der Waals surface area contributed by atoms with Crippen LogP contribution in [0.25, 0.3) is 0 Å². The van der Waals surface area contributed by atoms with Crippen molar-refractivity contribution in [3.05, 3.63) is 53.6 Å². The van der Waals surface area contributed by atoms with Crippen molar-refractivity contribution in [2.45, 2.75) is 50.0 Å². The van der Waals surface area contributed by atoms with Crippen LogP contribution in [-0.2, 0) is 36.1 Å². The molecule has 1 saturated carbocycles. The topological polar surface area (TPSA) is 280 Å². The molecule has 0 bridgehead atoms. The first kappa shape index (κ1) is 32.2. The SMILES string of the molecule is NC(=NC1CCC1)c1ccc(OC[C@H](O/N=C(\C(=O)NC2C(=O)N(S(=O)(=O)O)C2Cn2cncn2)c2csc(N)n2)C(=O)O)cc1. The van der Waals surface area contributed by atoms with Crippen molar-refractivity contribution in [3.63, 3.8) is 0 Å². The molecule has 0 spiro atoms. The number of carbonyl (C=O) groups excluding carboxylic acids is 2. The van der Waals surface area contributed by atoms with E-state index >= 15 is 0 Å². The molecule has 46 heavy (non-hydrogen) atoms. The lowest BCUT2D eigenvalue weighted by molar-refractivity contribution is -0.152. The first-order valence-electron chi connectivity index (χ1n) is 13.6. The number of thiazole rings is 1. The van der Waals surface area contributed by atoms with Gasteiger partial charge in [-0.15, -0.1) is 11.3 Å². The molecule has 2 fully saturated rings. The summed E-state index contributed by atoms with van der Waals surface area (Å²) in [5.74, 6) is -3.00. The third-order valence-electron chi connectivity index (χ3n) is 7.02. The zero-order chi connectivity index (χ0) is 33.0. The molecule has 7 N–H and O–H groups in total. The molecule has 2 aromatic heterocycles. The maximum Gasteiger partial charge on any atom is 0.362 e. The van der Waals surface area contributed by atoms with E-state index in [1.807, 2.05) is 0 Å². The second-order valence-corrected chi connectivity index (χ2v) is 12.3. The molecule has 244 valence electrons. The number of aromatic nitrogens is 4. The number of β-lactam (4-membered cyclic amide) rings is 1. The number of carboxylic acids is 1. The van der Waals surface area contributed by atoms with Crippen LogP contribution < -0.4 is 21.5 Å². The van der Waals surface area contributed by atoms with Crippen molar-refractivity contribution in [1.82, 2.24) is 29.4 Å². The van der Waals surface area contributed by atoms with Crippen molar-refractivity contribution in [2.24, 2.45) is 15.9 Å². The van der Waals surface area contributed by atoms with Crippen molar-refractivity contribution in [3.8, 4) is 5.75 Å². The summed E-state index contributed by atoms with van der Waals surface area (Å²) in [4.78, 5) is 55.3. The van der Waals surface area contributed by atoms with E-state index in [2.05, 4.69) is 30.5 Å². The van der Waals surface area contributed by atoms with Gasteiger partial charge in [0, 0.05) is 10.9 Å². The third kappa shape index (κ3) is 7.38. The summed E-state index contributed by atoms with van der Waals surface area (Å²) in [7, 11) is -4.98. The Kier molecular flexibility index (Phi) is 9.44. The molecule has 3 heterocycles. The van der Waals surface area contributed by atoms with Crippen LogP contribution in [0, 0.1) is 0 Å². The number of amidine groups is 1. The molecule has 1 aromatic carbocycles. The number of rotatable bonds is 14. The fraction of sp³-hybridized carbons (Fsp3) is 0.360. The monoisotopic (exact) mass is 676 g/mol. The van der Waals surface area contributed by atoms with Gasteiger partial charge in [0.15, 0.2) is 10.8 Å². The zero-order valence-electron chi connectivity index (χ0n) is 23.7. The van der Waals surface area contributed by atoms with Crippen LogP contribution >= 0.6 is 11.3 Å². The average Bonchev–Trinajstić information content (AvgIpc) is 3.66. The number of carbonyl (C=O) groups is 3. The number of nitrogens with zero attached hydrogens (tertiary/aromatic N) is 7. The lowest BCUT2D eigenvalue weighted by Crippen LogP contribution is -2.73. The van der Waals surface area contributed by atoms with Gasteiger partial charge in [0.2, 0.25) is 0 Å². The molecule has 3 atom stereocenters. The number of benzene rings is 1. The summed E-state index contributed by atoms with van der Waals surface area (Å²) in [6, 6.07) is 3.99. The van der Waals surface area contributed by atoms with Gasteiger partial charge in [-0.25, -0.2) is 19.1 Å². The smallest absolute Gasteiger partial charge is 0.362 e. The molecular weight excluding hydrogens is 648 g/mol. The number of aliphatic imine (C=N–C) groups is 1. The maximum absolute atomic E-state index is 13.3. The maximum atomic E-state index is 13.3. The number of hydrogen-bond donors (Lipinski definition) is 5. The predicted octanol–water partition coefficient (Wildman–Crippen LogP) is -0.974. The van der Waals surface area contributed by atoms with E-state index in [1.165, 1.54) is 22.7 Å². The largest absolute Gasteiger partial charge is 0.489 e. The summed E-state index contributed by atoms with van der Waals surface area (Å²) in [5, 5.41) is 21.0. The minimum absolute atomic E-state index is 0.0387. The number of oxime groups is 1. The molecule has 1 aliphatic carbocycles. The van der Waals surface area contributed by atoms with Crippen molar-refractivity contribution >= 4 is 56.1 Å². The van der Waals surface area contributed by atoms with Crippen LogP contribution in [0.5, 0.6) is 5.75 Å². The molecule has 3 aromatic rings. The van der Waals surface area contributed by atoms with E-state index in [4.69, 9.17) is 21.0 Å². The molecule has 2 amide bonds. The molecule has 0 radical (unpaired) electrons. The molecular formula is C25H28N10O9S2. The van der Waals surface area contributed by atoms with Crippen LogP contribution in [0.4, 0.5) is 5.13 Å². The Morgan fingerprint density at radius 2 is 1.98 bits per heavy atom. The molecule has 1 saturated heterocycles. The Bertz CT molecular complexity index is 1760. The Hall–Kier alpha value is -5.15. The van der Waals surface area contributed by atoms with Gasteiger partial charge in [-0.1, -0.05) is 5.16 Å². The second kappa shape index (κ2) is 13.5. The minimum Gasteiger partial charge on any atom is -0.489 e. The minimum atomic E-state index is -4.98. The van der Waals surface area contributed by atoms with E-state index in [1.54, 1.807) is 24.3 Å². The van der Waals surface area contributed by atoms with E-state index in [-0.39, 0.29) is 27.7 Å². The quantitative estimate of drug-likeness (QED) is 0.0452. The molecule has 5 rings (SSSR count). The van der Waals surface area contributed by atoms with Crippen molar-refractivity contribution in [1.29, 1.82) is 0 Å². The number of nitrogen functional groups attached to an aromatic ring is 1. The highest BCUT2D eigenvalue weighted by Gasteiger charge is 2.54. The first-order valence-corrected chi connectivity index (χ1v) is 15.9. The lowest BCUT2D eigenvalue weighted by Gasteiger charge is -2.43. The Morgan fingerprint density at radius 3 is 2.54 bits per heavy atom. The number of hydrogen-bond acceptors (Lipinski definition) is 14. The number of amides is 2. The number of carboxylic acid groups (broad SMARTS) is 1. The predicted molar refractivity (Wildman–Crippen MR) is 160 cm³/mol. The first-order chi connectivity index (χ1) is 21.9. The van der Waals surface area contributed by atoms with Gasteiger partial charge in [0.05, 0.1) is 18.6 Å². The van der Waals surface area contributed by atoms with E-state index in [9.17, 15) is 32.5 Å². The summed E-state index contributed by atoms with van der Waals surface area (Å²) in [6.45, 7) is -0.787. The third-order valence-corrected chi connectivity index (χ3v) is 8.64. The van der Waals surface area contributed by atoms with Gasteiger partial charge in [-0.3, -0.25) is 23.8 Å². The van der Waals surface area contributed by atoms with Crippen LogP contribution in [0.3, 0.4) is 0 Å². The van der Waals surface area contributed by atoms with E-state index in [0.29, 0.717) is 17.1 Å². The molecule has 21 heteroatoms. The fourth-order valence-electron chi connectivity index (χ4n) is 4.41. The normalized spacial score (nSPS) is 19.6. The van der Waals surface area contributed by atoms with Crippen LogP contribution in [0.2, 0.25) is 0 Å². The summed E-state index contributed by atoms with van der Waals surface area (Å²) in [5.41, 5.74) is 11.8. The number of anilines is 1. The lowest BCUT2D eigenvalue weighted by atomic mass is 9.94. The highest BCUT2D eigenvalue weighted by atomic mass is 32.2. The van der Waals surface area contributed by atoms with Crippen LogP contribution in [-0.4, -0.2) is 102 Å². The number of nitrogens with one attached hydrogen (secondary N) is 1. The van der Waals surface area contributed by atoms with Gasteiger partial charge in [0.1, 0.15) is 42.6 Å². The molecule has 19 nitrogen and oxygen atoms in total. The Balaban J connectivity index is 1.28. The Morgan fingerprint density at radius 1 is 1.24 bits per heavy atom.